The molecule has 62 valence electrons. The highest BCUT2D eigenvalue weighted by atomic mass is 19.1. The molecule has 1 unspecified atom stereocenters. The van der Waals surface area contributed by atoms with Gasteiger partial charge in [0.1, 0.15) is 0 Å². The topological polar surface area (TPSA) is 21.3 Å². The minimum absolute atomic E-state index is 0.222. The van der Waals surface area contributed by atoms with Crippen molar-refractivity contribution < 1.29 is 9.13 Å². The Balaban J connectivity index is 2.89. The van der Waals surface area contributed by atoms with Gasteiger partial charge in [-0.05, 0) is 19.9 Å². The van der Waals surface area contributed by atoms with Crippen molar-refractivity contribution in [2.75, 3.05) is 26.9 Å². The molecule has 0 fully saturated rings. The van der Waals surface area contributed by atoms with Crippen LogP contribution in [0, 0.1) is 0 Å². The second kappa shape index (κ2) is 6.96. The smallest absolute Gasteiger partial charge is 0.0906 e. The van der Waals surface area contributed by atoms with Gasteiger partial charge in [-0.1, -0.05) is 0 Å². The summed E-state index contributed by atoms with van der Waals surface area (Å²) in [5.74, 6) is 0. The Morgan fingerprint density at radius 3 is 2.80 bits per heavy atom. The van der Waals surface area contributed by atoms with E-state index in [0.717, 1.165) is 13.1 Å². The summed E-state index contributed by atoms with van der Waals surface area (Å²) in [6.07, 6.45) is 0.816. The fourth-order valence-corrected chi connectivity index (χ4v) is 0.580. The molecule has 0 amide bonds. The molecule has 0 aliphatic rings. The van der Waals surface area contributed by atoms with Crippen LogP contribution in [0.4, 0.5) is 4.39 Å². The van der Waals surface area contributed by atoms with Crippen LogP contribution in [0.2, 0.25) is 0 Å². The van der Waals surface area contributed by atoms with Gasteiger partial charge in [-0.3, -0.25) is 4.39 Å². The van der Waals surface area contributed by atoms with Crippen LogP contribution in [-0.4, -0.2) is 33.0 Å². The first-order valence-corrected chi connectivity index (χ1v) is 3.60. The molecule has 0 bridgehead atoms. The second-order valence-electron chi connectivity index (χ2n) is 2.29. The molecule has 0 heterocycles. The molecule has 0 rings (SSSR count). The van der Waals surface area contributed by atoms with Gasteiger partial charge in [-0.25, -0.2) is 0 Å². The highest BCUT2D eigenvalue weighted by molar-refractivity contribution is 4.53. The van der Waals surface area contributed by atoms with E-state index in [0.29, 0.717) is 6.42 Å². The number of hydrogen-bond acceptors (Lipinski definition) is 2. The lowest BCUT2D eigenvalue weighted by Crippen LogP contribution is -2.26. The first-order valence-electron chi connectivity index (χ1n) is 3.60. The normalized spacial score (nSPS) is 13.5. The van der Waals surface area contributed by atoms with Gasteiger partial charge in [-0.2, -0.15) is 0 Å². The quantitative estimate of drug-likeness (QED) is 0.568. The van der Waals surface area contributed by atoms with Crippen molar-refractivity contribution in [3.05, 3.63) is 0 Å². The van der Waals surface area contributed by atoms with E-state index < -0.39 is 0 Å². The minimum Gasteiger partial charge on any atom is -0.380 e. The largest absolute Gasteiger partial charge is 0.380 e. The molecule has 0 aromatic rings. The van der Waals surface area contributed by atoms with Crippen molar-refractivity contribution in [3.63, 3.8) is 0 Å². The molecule has 0 saturated heterocycles. The van der Waals surface area contributed by atoms with Crippen LogP contribution in [0.1, 0.15) is 13.3 Å². The number of rotatable bonds is 6. The van der Waals surface area contributed by atoms with E-state index in [4.69, 9.17) is 4.74 Å². The van der Waals surface area contributed by atoms with Crippen LogP contribution in [-0.2, 0) is 4.74 Å². The first kappa shape index (κ1) is 9.85. The summed E-state index contributed by atoms with van der Waals surface area (Å²) >= 11 is 0. The molecule has 3 heteroatoms. The number of methoxy groups -OCH3 is 1. The molecular formula is C7H16FNO. The standard InChI is InChI=1S/C7H16FNO/c1-7(10-2)6-9-5-3-4-8/h7,9H,3-6H2,1-2H3. The molecule has 2 nitrogen and oxygen atoms in total. The molecule has 0 aliphatic carbocycles. The number of nitrogens with one attached hydrogen (secondary N) is 1. The van der Waals surface area contributed by atoms with Gasteiger partial charge < -0.3 is 10.1 Å². The Morgan fingerprint density at radius 2 is 2.30 bits per heavy atom. The van der Waals surface area contributed by atoms with Crippen LogP contribution < -0.4 is 5.32 Å². The Kier molecular flexibility index (Phi) is 6.86. The van der Waals surface area contributed by atoms with Gasteiger partial charge in [0, 0.05) is 13.7 Å². The summed E-state index contributed by atoms with van der Waals surface area (Å²) in [6, 6.07) is 0. The third-order valence-electron chi connectivity index (χ3n) is 1.32. The van der Waals surface area contributed by atoms with E-state index in [1.54, 1.807) is 7.11 Å². The van der Waals surface area contributed by atoms with Gasteiger partial charge >= 0.3 is 0 Å². The average Bonchev–Trinajstić information content (AvgIpc) is 1.98. The van der Waals surface area contributed by atoms with E-state index in [1.165, 1.54) is 0 Å². The fraction of sp³-hybridized carbons (Fsp3) is 1.00. The monoisotopic (exact) mass is 149 g/mol. The summed E-state index contributed by atoms with van der Waals surface area (Å²) in [7, 11) is 1.67. The number of hydrogen-bond donors (Lipinski definition) is 1. The average molecular weight is 149 g/mol. The predicted octanol–water partition coefficient (Wildman–Crippen LogP) is 0.970. The van der Waals surface area contributed by atoms with Gasteiger partial charge in [0.25, 0.3) is 0 Å². The van der Waals surface area contributed by atoms with E-state index in [9.17, 15) is 4.39 Å². The zero-order valence-electron chi connectivity index (χ0n) is 6.69. The van der Waals surface area contributed by atoms with Crippen molar-refractivity contribution >= 4 is 0 Å². The number of ether oxygens (including phenoxy) is 1. The third-order valence-corrected chi connectivity index (χ3v) is 1.32. The van der Waals surface area contributed by atoms with Crippen LogP contribution in [0.3, 0.4) is 0 Å². The van der Waals surface area contributed by atoms with Crippen molar-refractivity contribution in [1.29, 1.82) is 0 Å². The summed E-state index contributed by atoms with van der Waals surface area (Å²) in [4.78, 5) is 0. The lowest BCUT2D eigenvalue weighted by Gasteiger charge is -2.09. The molecule has 1 N–H and O–H groups in total. The molecule has 0 spiro atoms. The van der Waals surface area contributed by atoms with Gasteiger partial charge in [0.15, 0.2) is 0 Å². The summed E-state index contributed by atoms with van der Waals surface area (Å²) in [5.41, 5.74) is 0. The van der Waals surface area contributed by atoms with Crippen LogP contribution >= 0.6 is 0 Å². The van der Waals surface area contributed by atoms with Gasteiger partial charge in [-0.15, -0.1) is 0 Å². The first-order chi connectivity index (χ1) is 4.81. The number of alkyl halides is 1. The molecule has 0 radical (unpaired) electrons. The van der Waals surface area contributed by atoms with Crippen LogP contribution in [0.5, 0.6) is 0 Å². The molecule has 0 saturated carbocycles. The zero-order valence-corrected chi connectivity index (χ0v) is 6.69. The molecular weight excluding hydrogens is 133 g/mol. The van der Waals surface area contributed by atoms with Crippen molar-refractivity contribution in [2.24, 2.45) is 0 Å². The maximum atomic E-state index is 11.5. The Bertz CT molecular complexity index is 70.6. The molecule has 1 atom stereocenters. The van der Waals surface area contributed by atoms with Crippen molar-refractivity contribution in [1.82, 2.24) is 5.32 Å². The Hall–Kier alpha value is -0.150. The van der Waals surface area contributed by atoms with E-state index in [1.807, 2.05) is 6.92 Å². The van der Waals surface area contributed by atoms with Crippen LogP contribution in [0.15, 0.2) is 0 Å². The van der Waals surface area contributed by atoms with E-state index in [2.05, 4.69) is 5.32 Å². The highest BCUT2D eigenvalue weighted by Gasteiger charge is 1.95. The van der Waals surface area contributed by atoms with Gasteiger partial charge in [0.2, 0.25) is 0 Å². The highest BCUT2D eigenvalue weighted by Crippen LogP contribution is 1.84. The Morgan fingerprint density at radius 1 is 1.60 bits per heavy atom. The van der Waals surface area contributed by atoms with Crippen LogP contribution in [0.25, 0.3) is 0 Å². The van der Waals surface area contributed by atoms with Crippen molar-refractivity contribution in [3.8, 4) is 0 Å². The lowest BCUT2D eigenvalue weighted by molar-refractivity contribution is 0.117. The lowest BCUT2D eigenvalue weighted by atomic mass is 10.4. The zero-order chi connectivity index (χ0) is 7.82. The van der Waals surface area contributed by atoms with E-state index in [-0.39, 0.29) is 12.8 Å². The summed E-state index contributed by atoms with van der Waals surface area (Å²) < 4.78 is 16.5. The maximum Gasteiger partial charge on any atom is 0.0906 e. The third kappa shape index (κ3) is 5.98. The van der Waals surface area contributed by atoms with Crippen molar-refractivity contribution in [2.45, 2.75) is 19.4 Å². The van der Waals surface area contributed by atoms with Gasteiger partial charge in [0.05, 0.1) is 12.8 Å². The number of halogens is 1. The fourth-order valence-electron chi connectivity index (χ4n) is 0.580. The Labute approximate surface area is 61.8 Å². The van der Waals surface area contributed by atoms with E-state index >= 15 is 0 Å². The molecule has 10 heavy (non-hydrogen) atoms. The SMILES string of the molecule is COC(C)CNCCCF. The predicted molar refractivity (Wildman–Crippen MR) is 39.9 cm³/mol. The minimum atomic E-state index is -0.242. The molecule has 0 aliphatic heterocycles. The second-order valence-corrected chi connectivity index (χ2v) is 2.29. The molecule has 0 aromatic heterocycles. The summed E-state index contributed by atoms with van der Waals surface area (Å²) in [5, 5.41) is 3.07. The maximum absolute atomic E-state index is 11.5. The molecule has 0 aromatic carbocycles. The summed E-state index contributed by atoms with van der Waals surface area (Å²) in [6.45, 7) is 3.28.